The van der Waals surface area contributed by atoms with E-state index < -0.39 is 0 Å². The number of Topliss-reactive ketones (excluding diaryl/α,β-unsaturated/α-hetero) is 1. The second kappa shape index (κ2) is 9.40. The van der Waals surface area contributed by atoms with Crippen LogP contribution in [0.1, 0.15) is 89.0 Å². The molecule has 2 fully saturated rings. The van der Waals surface area contributed by atoms with Crippen molar-refractivity contribution in [2.75, 3.05) is 6.61 Å². The quantitative estimate of drug-likeness (QED) is 0.540. The molecule has 27 heavy (non-hydrogen) atoms. The van der Waals surface area contributed by atoms with Crippen molar-refractivity contribution < 1.29 is 9.53 Å². The normalized spacial score (nSPS) is 28.5. The van der Waals surface area contributed by atoms with Gasteiger partial charge in [-0.05, 0) is 74.5 Å². The fourth-order valence-electron chi connectivity index (χ4n) is 4.95. The fourth-order valence-corrected chi connectivity index (χ4v) is 4.95. The molecule has 1 aromatic rings. The van der Waals surface area contributed by atoms with Crippen LogP contribution in [0.15, 0.2) is 24.3 Å². The van der Waals surface area contributed by atoms with E-state index in [1.165, 1.54) is 18.4 Å². The van der Waals surface area contributed by atoms with Crippen LogP contribution in [0.2, 0.25) is 0 Å². The Kier molecular flexibility index (Phi) is 6.94. The number of nitrogens with zero attached hydrogens (tertiary/aromatic N) is 1. The maximum absolute atomic E-state index is 11.9. The van der Waals surface area contributed by atoms with Crippen molar-refractivity contribution in [2.45, 2.75) is 83.5 Å². The Morgan fingerprint density at radius 1 is 1.15 bits per heavy atom. The van der Waals surface area contributed by atoms with Gasteiger partial charge in [0, 0.05) is 12.8 Å². The van der Waals surface area contributed by atoms with Crippen LogP contribution in [0.4, 0.5) is 0 Å². The molecule has 0 unspecified atom stereocenters. The molecule has 1 atom stereocenters. The fraction of sp³-hybridized carbons (Fsp3) is 0.667. The van der Waals surface area contributed by atoms with Crippen LogP contribution in [0, 0.1) is 22.7 Å². The molecule has 3 rings (SSSR count). The molecule has 2 aliphatic rings. The summed E-state index contributed by atoms with van der Waals surface area (Å²) in [4.78, 5) is 11.9. The van der Waals surface area contributed by atoms with Crippen LogP contribution in [0.3, 0.4) is 0 Å². The van der Waals surface area contributed by atoms with E-state index in [0.29, 0.717) is 24.5 Å². The first kappa shape index (κ1) is 19.9. The lowest BCUT2D eigenvalue weighted by Crippen LogP contribution is -2.36. The van der Waals surface area contributed by atoms with Crippen LogP contribution in [-0.4, -0.2) is 12.4 Å². The van der Waals surface area contributed by atoms with E-state index in [1.807, 2.05) is 0 Å². The van der Waals surface area contributed by atoms with Crippen LogP contribution in [0.25, 0.3) is 0 Å². The largest absolute Gasteiger partial charge is 0.494 e. The highest BCUT2D eigenvalue weighted by molar-refractivity contribution is 5.79. The third-order valence-electron chi connectivity index (χ3n) is 6.73. The van der Waals surface area contributed by atoms with Gasteiger partial charge < -0.3 is 4.74 Å². The maximum atomic E-state index is 11.9. The average molecular weight is 368 g/mol. The zero-order valence-corrected chi connectivity index (χ0v) is 16.7. The summed E-state index contributed by atoms with van der Waals surface area (Å²) in [5.74, 6) is 2.12. The minimum absolute atomic E-state index is 0.269. The average Bonchev–Trinajstić information content (AvgIpc) is 2.72. The molecule has 0 radical (unpaired) electrons. The highest BCUT2D eigenvalue weighted by atomic mass is 16.5. The van der Waals surface area contributed by atoms with E-state index in [9.17, 15) is 10.1 Å². The van der Waals surface area contributed by atoms with Gasteiger partial charge in [-0.2, -0.15) is 5.26 Å². The molecule has 1 aromatic carbocycles. The number of nitriles is 1. The summed E-state index contributed by atoms with van der Waals surface area (Å²) in [6, 6.07) is 11.2. The number of ether oxygens (including phenoxy) is 1. The Hall–Kier alpha value is -1.82. The number of hydrogen-bond acceptors (Lipinski definition) is 3. The smallest absolute Gasteiger partial charge is 0.133 e. The summed E-state index contributed by atoms with van der Waals surface area (Å²) in [6.45, 7) is 2.99. The van der Waals surface area contributed by atoms with E-state index in [0.717, 1.165) is 57.3 Å². The van der Waals surface area contributed by atoms with Crippen molar-refractivity contribution in [3.05, 3.63) is 29.8 Å². The molecule has 0 aromatic heterocycles. The Bertz CT molecular complexity index is 650. The third-order valence-corrected chi connectivity index (χ3v) is 6.73. The summed E-state index contributed by atoms with van der Waals surface area (Å²) in [5.41, 5.74) is 1.09. The molecule has 146 valence electrons. The third kappa shape index (κ3) is 4.92. The van der Waals surface area contributed by atoms with Gasteiger partial charge in [-0.25, -0.2) is 0 Å². The van der Waals surface area contributed by atoms with Crippen molar-refractivity contribution in [2.24, 2.45) is 11.3 Å². The minimum atomic E-state index is -0.269. The molecule has 3 nitrogen and oxygen atoms in total. The number of benzene rings is 1. The summed E-state index contributed by atoms with van der Waals surface area (Å²) in [5, 5.41) is 9.92. The van der Waals surface area contributed by atoms with Crippen LogP contribution >= 0.6 is 0 Å². The number of ketones is 1. The zero-order chi connectivity index (χ0) is 19.1. The van der Waals surface area contributed by atoms with Gasteiger partial charge in [0.05, 0.1) is 18.1 Å². The minimum Gasteiger partial charge on any atom is -0.494 e. The Balaban J connectivity index is 1.55. The highest BCUT2D eigenvalue weighted by Crippen LogP contribution is 2.50. The molecular formula is C24H33NO2. The highest BCUT2D eigenvalue weighted by Gasteiger charge is 2.43. The monoisotopic (exact) mass is 367 g/mol. The predicted octanol–water partition coefficient (Wildman–Crippen LogP) is 6.18. The maximum Gasteiger partial charge on any atom is 0.133 e. The Labute approximate surface area is 164 Å². The van der Waals surface area contributed by atoms with E-state index in [-0.39, 0.29) is 11.3 Å². The van der Waals surface area contributed by atoms with Gasteiger partial charge in [0.15, 0.2) is 0 Å². The lowest BCUT2D eigenvalue weighted by atomic mass is 9.60. The second-order valence-corrected chi connectivity index (χ2v) is 8.50. The van der Waals surface area contributed by atoms with Gasteiger partial charge >= 0.3 is 0 Å². The van der Waals surface area contributed by atoms with Crippen LogP contribution in [-0.2, 0) is 4.79 Å². The Morgan fingerprint density at radius 3 is 2.52 bits per heavy atom. The molecule has 0 amide bonds. The first-order chi connectivity index (χ1) is 13.2. The second-order valence-electron chi connectivity index (χ2n) is 8.50. The van der Waals surface area contributed by atoms with E-state index in [1.54, 1.807) is 0 Å². The molecule has 2 saturated carbocycles. The first-order valence-corrected chi connectivity index (χ1v) is 10.8. The summed E-state index contributed by atoms with van der Waals surface area (Å²) in [6.07, 6.45) is 10.9. The number of hydrogen-bond donors (Lipinski definition) is 0. The topological polar surface area (TPSA) is 50.1 Å². The van der Waals surface area contributed by atoms with Gasteiger partial charge in [-0.1, -0.05) is 31.9 Å². The number of carbonyl (C=O) groups excluding carboxylic acids is 1. The lowest BCUT2D eigenvalue weighted by molar-refractivity contribution is -0.123. The molecule has 0 bridgehead atoms. The van der Waals surface area contributed by atoms with E-state index in [2.05, 4.69) is 37.3 Å². The van der Waals surface area contributed by atoms with Gasteiger partial charge in [0.2, 0.25) is 0 Å². The lowest BCUT2D eigenvalue weighted by Gasteiger charge is -2.42. The molecule has 0 N–H and O–H groups in total. The standard InChI is InChI=1S/C24H33NO2/c1-2-3-4-16-27-23-10-8-19(9-11-23)20-12-14-24(18-25,15-13-20)21-6-5-7-22(26)17-21/h8-11,20-21H,2-7,12-17H2,1H3/t20?,21-,24?/m1/s1. The van der Waals surface area contributed by atoms with Crippen molar-refractivity contribution >= 4 is 5.78 Å². The molecule has 0 aliphatic heterocycles. The summed E-state index contributed by atoms with van der Waals surface area (Å²) < 4.78 is 5.82. The van der Waals surface area contributed by atoms with Crippen molar-refractivity contribution in [3.63, 3.8) is 0 Å². The van der Waals surface area contributed by atoms with Gasteiger partial charge in [0.1, 0.15) is 11.5 Å². The van der Waals surface area contributed by atoms with Gasteiger partial charge in [0.25, 0.3) is 0 Å². The molecule has 3 heteroatoms. The summed E-state index contributed by atoms with van der Waals surface area (Å²) in [7, 11) is 0. The van der Waals surface area contributed by atoms with E-state index in [4.69, 9.17) is 4.74 Å². The molecule has 0 spiro atoms. The van der Waals surface area contributed by atoms with Crippen molar-refractivity contribution in [3.8, 4) is 11.8 Å². The molecule has 0 heterocycles. The number of unbranched alkanes of at least 4 members (excludes halogenated alkanes) is 2. The summed E-state index contributed by atoms with van der Waals surface area (Å²) >= 11 is 0. The SMILES string of the molecule is CCCCCOc1ccc(C2CCC(C#N)([C@@H]3CCCC(=O)C3)CC2)cc1. The van der Waals surface area contributed by atoms with E-state index >= 15 is 0 Å². The van der Waals surface area contributed by atoms with Crippen LogP contribution in [0.5, 0.6) is 5.75 Å². The number of rotatable bonds is 7. The van der Waals surface area contributed by atoms with Crippen molar-refractivity contribution in [1.82, 2.24) is 0 Å². The number of carbonyl (C=O) groups is 1. The zero-order valence-electron chi connectivity index (χ0n) is 16.7. The van der Waals surface area contributed by atoms with Gasteiger partial charge in [-0.3, -0.25) is 4.79 Å². The molecule has 0 saturated heterocycles. The predicted molar refractivity (Wildman–Crippen MR) is 108 cm³/mol. The molecular weight excluding hydrogens is 334 g/mol. The van der Waals surface area contributed by atoms with Gasteiger partial charge in [-0.15, -0.1) is 0 Å². The first-order valence-electron chi connectivity index (χ1n) is 10.8. The Morgan fingerprint density at radius 2 is 1.89 bits per heavy atom. The molecule has 2 aliphatic carbocycles. The van der Waals surface area contributed by atoms with Crippen molar-refractivity contribution in [1.29, 1.82) is 5.26 Å². The van der Waals surface area contributed by atoms with Crippen LogP contribution < -0.4 is 4.74 Å².